The first-order chi connectivity index (χ1) is 8.72. The molecule has 0 fully saturated rings. The third-order valence-corrected chi connectivity index (χ3v) is 4.62. The van der Waals surface area contributed by atoms with Gasteiger partial charge < -0.3 is 4.74 Å². The van der Waals surface area contributed by atoms with Crippen LogP contribution >= 0.6 is 0 Å². The number of hydrogen-bond acceptors (Lipinski definition) is 3. The van der Waals surface area contributed by atoms with Crippen molar-refractivity contribution < 1.29 is 13.7 Å². The van der Waals surface area contributed by atoms with Gasteiger partial charge in [-0.2, -0.15) is 0 Å². The smallest absolute Gasteiger partial charge is 0.309 e. The normalized spacial score (nSPS) is 15.8. The average Bonchev–Trinajstić information content (AvgIpc) is 2.16. The van der Waals surface area contributed by atoms with Gasteiger partial charge >= 0.3 is 5.97 Å². The summed E-state index contributed by atoms with van der Waals surface area (Å²) in [6.07, 6.45) is 5.04. The first-order valence-corrected chi connectivity index (χ1v) is 10.2. The van der Waals surface area contributed by atoms with Crippen LogP contribution in [0.15, 0.2) is 0 Å². The fraction of sp³-hybridized carbons (Fsp3) is 0.938. The molecule has 0 aliphatic heterocycles. The van der Waals surface area contributed by atoms with Crippen LogP contribution in [0.1, 0.15) is 54.4 Å². The van der Waals surface area contributed by atoms with Gasteiger partial charge in [-0.1, -0.05) is 41.5 Å². The number of carbonyl (C=O) groups excluding carboxylic acids is 1. The third kappa shape index (κ3) is 9.51. The second kappa shape index (κ2) is 7.06. The maximum Gasteiger partial charge on any atom is 0.309 e. The molecule has 0 aliphatic carbocycles. The minimum absolute atomic E-state index is 0.0967. The van der Waals surface area contributed by atoms with E-state index in [9.17, 15) is 9.00 Å². The maximum atomic E-state index is 12.3. The van der Waals surface area contributed by atoms with Crippen molar-refractivity contribution in [3.8, 4) is 0 Å². The Morgan fingerprint density at radius 3 is 1.95 bits per heavy atom. The molecule has 3 nitrogen and oxygen atoms in total. The van der Waals surface area contributed by atoms with Crippen molar-refractivity contribution in [2.75, 3.05) is 24.9 Å². The van der Waals surface area contributed by atoms with Gasteiger partial charge in [0.2, 0.25) is 0 Å². The van der Waals surface area contributed by atoms with E-state index >= 15 is 0 Å². The maximum absolute atomic E-state index is 12.3. The molecule has 0 saturated heterocycles. The Morgan fingerprint density at radius 2 is 1.60 bits per heavy atom. The predicted octanol–water partition coefficient (Wildman–Crippen LogP) is 3.29. The van der Waals surface area contributed by atoms with Crippen LogP contribution in [0.5, 0.6) is 0 Å². The summed E-state index contributed by atoms with van der Waals surface area (Å²) >= 11 is 0. The van der Waals surface area contributed by atoms with E-state index in [0.29, 0.717) is 18.8 Å². The molecular formula is C16H34O3S. The largest absolute Gasteiger partial charge is 0.465 e. The zero-order chi connectivity index (χ0) is 16.2. The molecule has 0 aromatic carbocycles. The van der Waals surface area contributed by atoms with E-state index in [2.05, 4.69) is 41.5 Å². The first kappa shape index (κ1) is 19.6. The summed E-state index contributed by atoms with van der Waals surface area (Å²) in [6, 6.07) is 0. The van der Waals surface area contributed by atoms with Crippen LogP contribution in [0, 0.1) is 16.7 Å². The summed E-state index contributed by atoms with van der Waals surface area (Å²) in [5.41, 5.74) is -0.00528. The van der Waals surface area contributed by atoms with E-state index in [0.717, 1.165) is 6.42 Å². The second-order valence-corrected chi connectivity index (χ2v) is 12.1. The molecule has 4 heteroatoms. The number of thiol groups is 1. The molecule has 0 amide bonds. The average molecular weight is 307 g/mol. The molecule has 0 bridgehead atoms. The Bertz CT molecular complexity index is 355. The minimum Gasteiger partial charge on any atom is -0.465 e. The van der Waals surface area contributed by atoms with Crippen LogP contribution in [-0.2, 0) is 19.5 Å². The Morgan fingerprint density at radius 1 is 1.10 bits per heavy atom. The summed E-state index contributed by atoms with van der Waals surface area (Å²) in [5.74, 6) is 0.423. The van der Waals surface area contributed by atoms with Gasteiger partial charge in [-0.15, -0.1) is 9.93 Å². The predicted molar refractivity (Wildman–Crippen MR) is 88.8 cm³/mol. The quantitative estimate of drug-likeness (QED) is 0.465. The number of esters is 1. The van der Waals surface area contributed by atoms with Crippen molar-refractivity contribution >= 4 is 15.9 Å². The molecule has 1 atom stereocenters. The summed E-state index contributed by atoms with van der Waals surface area (Å²) in [4.78, 5) is 12.3. The molecule has 0 saturated carbocycles. The molecule has 0 aromatic heterocycles. The van der Waals surface area contributed by atoms with Crippen molar-refractivity contribution in [3.63, 3.8) is 0 Å². The lowest BCUT2D eigenvalue weighted by Gasteiger charge is -2.33. The molecule has 0 aromatic rings. The van der Waals surface area contributed by atoms with E-state index < -0.39 is 9.93 Å². The molecule has 0 spiro atoms. The van der Waals surface area contributed by atoms with Gasteiger partial charge in [-0.3, -0.25) is 9.00 Å². The fourth-order valence-electron chi connectivity index (χ4n) is 2.07. The van der Waals surface area contributed by atoms with Crippen molar-refractivity contribution in [1.82, 2.24) is 0 Å². The summed E-state index contributed by atoms with van der Waals surface area (Å²) in [6.45, 7) is 13.0. The first-order valence-electron chi connectivity index (χ1n) is 7.43. The minimum atomic E-state index is -2.01. The van der Waals surface area contributed by atoms with Crippen LogP contribution in [0.25, 0.3) is 0 Å². The second-order valence-electron chi connectivity index (χ2n) is 8.50. The van der Waals surface area contributed by atoms with Gasteiger partial charge in [0.1, 0.15) is 0 Å². The Hall–Kier alpha value is -0.380. The highest BCUT2D eigenvalue weighted by molar-refractivity contribution is 8.01. The van der Waals surface area contributed by atoms with Gasteiger partial charge in [0.25, 0.3) is 0 Å². The molecule has 1 unspecified atom stereocenters. The lowest BCUT2D eigenvalue weighted by Crippen LogP contribution is -2.34. The van der Waals surface area contributed by atoms with Gasteiger partial charge in [-0.25, -0.2) is 0 Å². The van der Waals surface area contributed by atoms with Gasteiger partial charge in [0.15, 0.2) is 0 Å². The zero-order valence-corrected chi connectivity index (χ0v) is 15.5. The Labute approximate surface area is 126 Å². The number of rotatable bonds is 6. The topological polar surface area (TPSA) is 43.4 Å². The molecule has 0 heterocycles. The number of carbonyl (C=O) groups is 1. The third-order valence-electron chi connectivity index (χ3n) is 3.23. The number of ether oxygens (including phenoxy) is 1. The number of hydrogen-bond donors (Lipinski definition) is 1. The van der Waals surface area contributed by atoms with Crippen LogP contribution in [0.2, 0.25) is 0 Å². The fourth-order valence-corrected chi connectivity index (χ4v) is 2.96. The van der Waals surface area contributed by atoms with Crippen molar-refractivity contribution in [3.05, 3.63) is 0 Å². The highest BCUT2D eigenvalue weighted by atomic mass is 32.2. The molecular weight excluding hydrogens is 272 g/mol. The van der Waals surface area contributed by atoms with E-state index in [4.69, 9.17) is 4.74 Å². The van der Waals surface area contributed by atoms with Gasteiger partial charge in [0, 0.05) is 5.75 Å². The molecule has 0 N–H and O–H groups in total. The molecule has 0 radical (unpaired) electrons. The zero-order valence-electron chi connectivity index (χ0n) is 14.6. The lowest BCUT2D eigenvalue weighted by molar-refractivity contribution is -0.153. The van der Waals surface area contributed by atoms with Crippen molar-refractivity contribution in [2.24, 2.45) is 16.7 Å². The monoisotopic (exact) mass is 306 g/mol. The van der Waals surface area contributed by atoms with Gasteiger partial charge in [-0.05, 0) is 36.2 Å². The lowest BCUT2D eigenvalue weighted by atomic mass is 9.72. The van der Waals surface area contributed by atoms with Crippen LogP contribution in [0.4, 0.5) is 0 Å². The molecule has 0 rings (SSSR count). The molecule has 0 aliphatic rings. The Balaban J connectivity index is 4.48. The Kier molecular flexibility index (Phi) is 6.92. The van der Waals surface area contributed by atoms with Crippen LogP contribution in [-0.4, -0.2) is 35.0 Å². The molecule has 122 valence electrons. The standard InChI is InChI=1S/C16H34O3S/c1-15(2,3)12-13(16(4,5)6)14(17)19-10-9-11-20(7,8)18/h13,20H,9-12H2,1-8H3. The van der Waals surface area contributed by atoms with Crippen molar-refractivity contribution in [2.45, 2.75) is 54.4 Å². The van der Waals surface area contributed by atoms with E-state index in [-0.39, 0.29) is 22.7 Å². The summed E-state index contributed by atoms with van der Waals surface area (Å²) < 4.78 is 17.0. The van der Waals surface area contributed by atoms with E-state index in [1.54, 1.807) is 12.5 Å². The van der Waals surface area contributed by atoms with Crippen LogP contribution in [0.3, 0.4) is 0 Å². The van der Waals surface area contributed by atoms with Crippen LogP contribution < -0.4 is 0 Å². The summed E-state index contributed by atoms with van der Waals surface area (Å²) in [5, 5.41) is 0. The highest BCUT2D eigenvalue weighted by Crippen LogP contribution is 2.36. The van der Waals surface area contributed by atoms with Gasteiger partial charge in [0.05, 0.1) is 12.5 Å². The SMILES string of the molecule is CC(C)(C)CC(C(=O)OCCC[SH](C)(C)=O)C(C)(C)C. The highest BCUT2D eigenvalue weighted by Gasteiger charge is 2.35. The summed E-state index contributed by atoms with van der Waals surface area (Å²) in [7, 11) is -2.01. The molecule has 20 heavy (non-hydrogen) atoms. The van der Waals surface area contributed by atoms with E-state index in [1.165, 1.54) is 0 Å². The van der Waals surface area contributed by atoms with E-state index in [1.807, 2.05) is 0 Å². The van der Waals surface area contributed by atoms with Crippen molar-refractivity contribution in [1.29, 1.82) is 0 Å².